The van der Waals surface area contributed by atoms with E-state index in [1.165, 1.54) is 0 Å². The minimum atomic E-state index is 0.0302. The summed E-state index contributed by atoms with van der Waals surface area (Å²) in [6, 6.07) is 6.06. The van der Waals surface area contributed by atoms with Gasteiger partial charge in [-0.05, 0) is 24.5 Å². The van der Waals surface area contributed by atoms with Gasteiger partial charge >= 0.3 is 0 Å². The van der Waals surface area contributed by atoms with Crippen LogP contribution in [0.15, 0.2) is 18.2 Å². The van der Waals surface area contributed by atoms with Crippen molar-refractivity contribution in [3.05, 3.63) is 24.0 Å². The Hall–Kier alpha value is -1.51. The van der Waals surface area contributed by atoms with Gasteiger partial charge in [0.15, 0.2) is 0 Å². The minimum absolute atomic E-state index is 0.0302. The van der Waals surface area contributed by atoms with E-state index in [4.69, 9.17) is 10.7 Å². The predicted octanol–water partition coefficient (Wildman–Crippen LogP) is 3.96. The van der Waals surface area contributed by atoms with Crippen LogP contribution in [0.5, 0.6) is 0 Å². The van der Waals surface area contributed by atoms with Crippen molar-refractivity contribution in [2.45, 2.75) is 53.0 Å². The van der Waals surface area contributed by atoms with Crippen LogP contribution in [-0.2, 0) is 12.0 Å². The van der Waals surface area contributed by atoms with Crippen LogP contribution in [-0.4, -0.2) is 9.55 Å². The van der Waals surface area contributed by atoms with Crippen molar-refractivity contribution < 1.29 is 0 Å². The molecule has 1 aromatic heterocycles. The van der Waals surface area contributed by atoms with Crippen LogP contribution in [0.1, 0.15) is 46.9 Å². The maximum Gasteiger partial charge on any atom is 0.115 e. The number of hydrogen-bond donors (Lipinski definition) is 1. The summed E-state index contributed by atoms with van der Waals surface area (Å²) in [7, 11) is 0. The molecule has 0 atom stereocenters. The highest BCUT2D eigenvalue weighted by atomic mass is 15.1. The number of aryl methyl sites for hydroxylation is 1. The maximum atomic E-state index is 6.06. The SMILES string of the molecule is CC(C)CCn1c(C(C)(C)C)nc2c(N)cccc21. The molecule has 0 saturated carbocycles. The van der Waals surface area contributed by atoms with Crippen LogP contribution in [0.4, 0.5) is 5.69 Å². The minimum Gasteiger partial charge on any atom is -0.397 e. The van der Waals surface area contributed by atoms with Crippen LogP contribution in [0.2, 0.25) is 0 Å². The van der Waals surface area contributed by atoms with Gasteiger partial charge in [-0.2, -0.15) is 0 Å². The number of nitrogens with two attached hydrogens (primary N) is 1. The van der Waals surface area contributed by atoms with Crippen molar-refractivity contribution in [3.8, 4) is 0 Å². The molecule has 0 aliphatic carbocycles. The van der Waals surface area contributed by atoms with E-state index < -0.39 is 0 Å². The Bertz CT molecular complexity index is 573. The molecule has 2 N–H and O–H groups in total. The molecule has 2 aromatic rings. The van der Waals surface area contributed by atoms with Crippen LogP contribution < -0.4 is 5.73 Å². The van der Waals surface area contributed by atoms with E-state index in [9.17, 15) is 0 Å². The topological polar surface area (TPSA) is 43.8 Å². The second-order valence-electron chi connectivity index (χ2n) is 6.73. The number of nitrogens with zero attached hydrogens (tertiary/aromatic N) is 2. The van der Waals surface area contributed by atoms with Crippen LogP contribution in [0, 0.1) is 5.92 Å². The number of imidazole rings is 1. The summed E-state index contributed by atoms with van der Waals surface area (Å²) in [5.74, 6) is 1.81. The fraction of sp³-hybridized carbons (Fsp3) is 0.562. The number of rotatable bonds is 3. The Morgan fingerprint density at radius 2 is 1.95 bits per heavy atom. The van der Waals surface area contributed by atoms with E-state index in [0.717, 1.165) is 35.5 Å². The van der Waals surface area contributed by atoms with Gasteiger partial charge in [-0.25, -0.2) is 4.98 Å². The molecular weight excluding hydrogens is 234 g/mol. The van der Waals surface area contributed by atoms with Gasteiger partial charge in [-0.1, -0.05) is 40.7 Å². The molecule has 3 heteroatoms. The summed E-state index contributed by atoms with van der Waals surface area (Å²) in [5.41, 5.74) is 8.96. The summed E-state index contributed by atoms with van der Waals surface area (Å²) in [5, 5.41) is 0. The molecule has 0 fully saturated rings. The van der Waals surface area contributed by atoms with E-state index in [1.54, 1.807) is 0 Å². The lowest BCUT2D eigenvalue weighted by atomic mass is 9.95. The van der Waals surface area contributed by atoms with Gasteiger partial charge in [0, 0.05) is 12.0 Å². The normalized spacial score (nSPS) is 12.5. The molecule has 0 aliphatic heterocycles. The molecule has 104 valence electrons. The molecule has 1 heterocycles. The van der Waals surface area contributed by atoms with Crippen LogP contribution >= 0.6 is 0 Å². The quantitative estimate of drug-likeness (QED) is 0.848. The fourth-order valence-electron chi connectivity index (χ4n) is 2.35. The van der Waals surface area contributed by atoms with Gasteiger partial charge in [0.05, 0.1) is 11.2 Å². The van der Waals surface area contributed by atoms with Crippen molar-refractivity contribution in [3.63, 3.8) is 0 Å². The molecule has 0 radical (unpaired) electrons. The Morgan fingerprint density at radius 1 is 1.26 bits per heavy atom. The summed E-state index contributed by atoms with van der Waals surface area (Å²) in [4.78, 5) is 4.80. The molecule has 0 amide bonds. The Kier molecular flexibility index (Phi) is 3.57. The van der Waals surface area contributed by atoms with Gasteiger partial charge in [0.25, 0.3) is 0 Å². The highest BCUT2D eigenvalue weighted by Gasteiger charge is 2.23. The first-order chi connectivity index (χ1) is 8.80. The number of para-hydroxylation sites is 1. The van der Waals surface area contributed by atoms with Gasteiger partial charge in [-0.15, -0.1) is 0 Å². The first-order valence-electron chi connectivity index (χ1n) is 7.06. The molecule has 19 heavy (non-hydrogen) atoms. The zero-order valence-corrected chi connectivity index (χ0v) is 12.7. The third-order valence-corrected chi connectivity index (χ3v) is 3.41. The molecule has 0 unspecified atom stereocenters. The van der Waals surface area contributed by atoms with Crippen molar-refractivity contribution in [2.24, 2.45) is 5.92 Å². The van der Waals surface area contributed by atoms with Gasteiger partial charge in [-0.3, -0.25) is 0 Å². The maximum absolute atomic E-state index is 6.06. The lowest BCUT2D eigenvalue weighted by Crippen LogP contribution is -2.19. The molecular formula is C16H25N3. The van der Waals surface area contributed by atoms with E-state index >= 15 is 0 Å². The van der Waals surface area contributed by atoms with E-state index in [-0.39, 0.29) is 5.41 Å². The summed E-state index contributed by atoms with van der Waals surface area (Å²) >= 11 is 0. The number of nitrogen functional groups attached to an aromatic ring is 1. The molecule has 2 rings (SSSR count). The van der Waals surface area contributed by atoms with Crippen molar-refractivity contribution >= 4 is 16.7 Å². The van der Waals surface area contributed by atoms with Gasteiger partial charge in [0.1, 0.15) is 11.3 Å². The molecule has 0 saturated heterocycles. The molecule has 0 spiro atoms. The first-order valence-corrected chi connectivity index (χ1v) is 7.06. The number of anilines is 1. The van der Waals surface area contributed by atoms with Crippen LogP contribution in [0.25, 0.3) is 11.0 Å². The highest BCUT2D eigenvalue weighted by Crippen LogP contribution is 2.29. The highest BCUT2D eigenvalue weighted by molar-refractivity contribution is 5.87. The average Bonchev–Trinajstić information content (AvgIpc) is 2.66. The van der Waals surface area contributed by atoms with Gasteiger partial charge in [0.2, 0.25) is 0 Å². The van der Waals surface area contributed by atoms with Gasteiger partial charge < -0.3 is 10.3 Å². The zero-order chi connectivity index (χ0) is 14.2. The van der Waals surface area contributed by atoms with E-state index in [0.29, 0.717) is 5.92 Å². The summed E-state index contributed by atoms with van der Waals surface area (Å²) < 4.78 is 2.34. The van der Waals surface area contributed by atoms with Crippen LogP contribution in [0.3, 0.4) is 0 Å². The number of aromatic nitrogens is 2. The number of hydrogen-bond acceptors (Lipinski definition) is 2. The van der Waals surface area contributed by atoms with Crippen molar-refractivity contribution in [1.29, 1.82) is 0 Å². The monoisotopic (exact) mass is 259 g/mol. The summed E-state index contributed by atoms with van der Waals surface area (Å²) in [6.07, 6.45) is 1.16. The third-order valence-electron chi connectivity index (χ3n) is 3.41. The fourth-order valence-corrected chi connectivity index (χ4v) is 2.35. The molecule has 3 nitrogen and oxygen atoms in total. The van der Waals surface area contributed by atoms with E-state index in [1.807, 2.05) is 12.1 Å². The predicted molar refractivity (Wildman–Crippen MR) is 82.3 cm³/mol. The third kappa shape index (κ3) is 2.75. The lowest BCUT2D eigenvalue weighted by molar-refractivity contribution is 0.464. The standard InChI is InChI=1S/C16H25N3/c1-11(2)9-10-19-13-8-6-7-12(17)14(13)18-15(19)16(3,4)5/h6-8,11H,9-10,17H2,1-5H3. The molecule has 1 aromatic carbocycles. The Balaban J connectivity index is 2.59. The second kappa shape index (κ2) is 4.87. The second-order valence-corrected chi connectivity index (χ2v) is 6.73. The molecule has 0 aliphatic rings. The van der Waals surface area contributed by atoms with Crippen molar-refractivity contribution in [1.82, 2.24) is 9.55 Å². The summed E-state index contributed by atoms with van der Waals surface area (Å²) in [6.45, 7) is 12.1. The zero-order valence-electron chi connectivity index (χ0n) is 12.7. The molecule has 0 bridgehead atoms. The number of benzene rings is 1. The first kappa shape index (κ1) is 13.9. The Labute approximate surface area is 115 Å². The number of fused-ring (bicyclic) bond motifs is 1. The Morgan fingerprint density at radius 3 is 2.53 bits per heavy atom. The largest absolute Gasteiger partial charge is 0.397 e. The smallest absolute Gasteiger partial charge is 0.115 e. The lowest BCUT2D eigenvalue weighted by Gasteiger charge is -2.20. The van der Waals surface area contributed by atoms with E-state index in [2.05, 4.69) is 45.3 Å². The average molecular weight is 259 g/mol. The van der Waals surface area contributed by atoms with Crippen molar-refractivity contribution in [2.75, 3.05) is 5.73 Å².